The van der Waals surface area contributed by atoms with Crippen LogP contribution < -0.4 is 0 Å². The second-order valence-electron chi connectivity index (χ2n) is 2.13. The van der Waals surface area contributed by atoms with Gasteiger partial charge < -0.3 is 4.98 Å². The molecular weight excluding hydrogens is 129 g/mol. The molecule has 0 saturated heterocycles. The Morgan fingerprint density at radius 2 is 2.40 bits per heavy atom. The molecule has 0 fully saturated rings. The first-order valence-corrected chi connectivity index (χ1v) is 3.00. The highest BCUT2D eigenvalue weighted by Gasteiger charge is 1.94. The predicted octanol–water partition coefficient (Wildman–Crippen LogP) is 2.11. The first kappa shape index (κ1) is 5.47. The van der Waals surface area contributed by atoms with Gasteiger partial charge in [-0.25, -0.2) is 4.39 Å². The van der Waals surface area contributed by atoms with Crippen LogP contribution in [0.25, 0.3) is 10.9 Å². The Bertz CT molecular complexity index is 351. The minimum Gasteiger partial charge on any atom is -0.361 e. The molecule has 1 heterocycles. The van der Waals surface area contributed by atoms with Crippen LogP contribution >= 0.6 is 0 Å². The number of fused-ring (bicyclic) bond motifs is 1. The number of hydrogen-bond donors (Lipinski definition) is 1. The second kappa shape index (κ2) is 1.84. The van der Waals surface area contributed by atoms with Crippen molar-refractivity contribution in [2.24, 2.45) is 0 Å². The summed E-state index contributed by atoms with van der Waals surface area (Å²) in [4.78, 5) is 2.92. The molecule has 0 aliphatic rings. The lowest BCUT2D eigenvalue weighted by Crippen LogP contribution is -1.71. The van der Waals surface area contributed by atoms with Crippen molar-refractivity contribution >= 4 is 10.9 Å². The molecule has 0 aliphatic carbocycles. The molecule has 0 aliphatic heterocycles. The van der Waals surface area contributed by atoms with Crippen molar-refractivity contribution in [1.29, 1.82) is 0 Å². The number of rotatable bonds is 0. The highest BCUT2D eigenvalue weighted by molar-refractivity contribution is 5.78. The largest absolute Gasteiger partial charge is 0.361 e. The van der Waals surface area contributed by atoms with Crippen molar-refractivity contribution in [1.82, 2.24) is 4.98 Å². The lowest BCUT2D eigenvalue weighted by atomic mass is 10.2. The maximum absolute atomic E-state index is 12.5. The first-order chi connectivity index (χ1) is 4.86. The van der Waals surface area contributed by atoms with Crippen molar-refractivity contribution in [3.63, 3.8) is 0 Å². The van der Waals surface area contributed by atoms with E-state index < -0.39 is 0 Å². The van der Waals surface area contributed by atoms with Crippen LogP contribution in [0.5, 0.6) is 0 Å². The molecular formula is C8H5FN. The van der Waals surface area contributed by atoms with Gasteiger partial charge in [0.05, 0.1) is 5.52 Å². The van der Waals surface area contributed by atoms with Crippen LogP contribution in [0.1, 0.15) is 0 Å². The summed E-state index contributed by atoms with van der Waals surface area (Å²) in [6, 6.07) is 7.38. The average molecular weight is 134 g/mol. The molecule has 1 N–H and O–H groups in total. The molecule has 0 unspecified atom stereocenters. The Balaban J connectivity index is 2.86. The number of aromatic amines is 1. The topological polar surface area (TPSA) is 15.8 Å². The van der Waals surface area contributed by atoms with E-state index in [2.05, 4.69) is 11.1 Å². The van der Waals surface area contributed by atoms with E-state index >= 15 is 0 Å². The third kappa shape index (κ3) is 0.692. The normalized spacial score (nSPS) is 10.5. The fourth-order valence-corrected chi connectivity index (χ4v) is 0.958. The molecule has 2 aromatic rings. The Morgan fingerprint density at radius 1 is 1.50 bits per heavy atom. The van der Waals surface area contributed by atoms with Crippen molar-refractivity contribution in [2.45, 2.75) is 0 Å². The maximum atomic E-state index is 12.5. The Hall–Kier alpha value is -1.31. The van der Waals surface area contributed by atoms with Crippen molar-refractivity contribution < 1.29 is 4.39 Å². The summed E-state index contributed by atoms with van der Waals surface area (Å²) in [5.74, 6) is -0.243. The lowest BCUT2D eigenvalue weighted by Gasteiger charge is -1.86. The van der Waals surface area contributed by atoms with Crippen LogP contribution in [0.15, 0.2) is 24.4 Å². The number of benzene rings is 1. The Kier molecular flexibility index (Phi) is 1.01. The van der Waals surface area contributed by atoms with E-state index in [0.29, 0.717) is 0 Å². The first-order valence-electron chi connectivity index (χ1n) is 3.00. The number of hydrogen-bond acceptors (Lipinski definition) is 0. The zero-order chi connectivity index (χ0) is 6.97. The molecule has 10 heavy (non-hydrogen) atoms. The van der Waals surface area contributed by atoms with E-state index in [-0.39, 0.29) is 5.82 Å². The van der Waals surface area contributed by atoms with Gasteiger partial charge in [0.2, 0.25) is 0 Å². The van der Waals surface area contributed by atoms with Gasteiger partial charge in [-0.05, 0) is 18.2 Å². The fraction of sp³-hybridized carbons (Fsp3) is 0. The van der Waals surface area contributed by atoms with Gasteiger partial charge >= 0.3 is 0 Å². The minimum absolute atomic E-state index is 0.243. The maximum Gasteiger partial charge on any atom is 0.124 e. The van der Waals surface area contributed by atoms with E-state index in [9.17, 15) is 4.39 Å². The molecule has 0 saturated carbocycles. The van der Waals surface area contributed by atoms with Gasteiger partial charge in [-0.1, -0.05) is 0 Å². The molecule has 0 spiro atoms. The Labute approximate surface area is 57.5 Å². The van der Waals surface area contributed by atoms with Crippen LogP contribution in [0.4, 0.5) is 4.39 Å². The molecule has 0 bridgehead atoms. The summed E-state index contributed by atoms with van der Waals surface area (Å²) < 4.78 is 12.5. The quantitative estimate of drug-likeness (QED) is 0.568. The van der Waals surface area contributed by atoms with Gasteiger partial charge in [0.25, 0.3) is 0 Å². The molecule has 49 valence electrons. The number of nitrogens with one attached hydrogen (secondary N) is 1. The zero-order valence-corrected chi connectivity index (χ0v) is 5.19. The van der Waals surface area contributed by atoms with Gasteiger partial charge in [-0.15, -0.1) is 0 Å². The summed E-state index contributed by atoms with van der Waals surface area (Å²) >= 11 is 0. The third-order valence-corrected chi connectivity index (χ3v) is 1.43. The molecule has 0 atom stereocenters. The van der Waals surface area contributed by atoms with E-state index in [1.807, 2.05) is 6.07 Å². The summed E-state index contributed by atoms with van der Waals surface area (Å²) in [6.07, 6.45) is 1.76. The highest BCUT2D eigenvalue weighted by atomic mass is 19.1. The standard InChI is InChI=1S/C8H5FN/c9-7-1-2-8-6(5-7)3-4-10-8/h1,3-5,10H. The van der Waals surface area contributed by atoms with Gasteiger partial charge in [-0.3, -0.25) is 0 Å². The molecule has 1 radical (unpaired) electrons. The van der Waals surface area contributed by atoms with E-state index in [1.54, 1.807) is 6.20 Å². The average Bonchev–Trinajstić information content (AvgIpc) is 2.33. The molecule has 2 heteroatoms. The lowest BCUT2D eigenvalue weighted by molar-refractivity contribution is 0.629. The van der Waals surface area contributed by atoms with Crippen molar-refractivity contribution in [3.8, 4) is 0 Å². The predicted molar refractivity (Wildman–Crippen MR) is 37.1 cm³/mol. The molecule has 1 aromatic heterocycles. The van der Waals surface area contributed by atoms with E-state index in [4.69, 9.17) is 0 Å². The highest BCUT2D eigenvalue weighted by Crippen LogP contribution is 2.11. The van der Waals surface area contributed by atoms with Crippen LogP contribution in [0.3, 0.4) is 0 Å². The molecule has 0 amide bonds. The van der Waals surface area contributed by atoms with Gasteiger partial charge in [0, 0.05) is 17.6 Å². The molecule has 1 nitrogen and oxygen atoms in total. The molecule has 1 aromatic carbocycles. The van der Waals surface area contributed by atoms with Crippen molar-refractivity contribution in [2.75, 3.05) is 0 Å². The summed E-state index contributed by atoms with van der Waals surface area (Å²) in [5.41, 5.74) is 0.849. The van der Waals surface area contributed by atoms with Crippen molar-refractivity contribution in [3.05, 3.63) is 36.3 Å². The number of aromatic nitrogens is 1. The monoisotopic (exact) mass is 134 g/mol. The zero-order valence-electron chi connectivity index (χ0n) is 5.19. The van der Waals surface area contributed by atoms with Crippen LogP contribution in [0, 0.1) is 11.9 Å². The summed E-state index contributed by atoms with van der Waals surface area (Å²) in [7, 11) is 0. The fourth-order valence-electron chi connectivity index (χ4n) is 0.958. The van der Waals surface area contributed by atoms with E-state index in [0.717, 1.165) is 10.9 Å². The Morgan fingerprint density at radius 3 is 3.30 bits per heavy atom. The van der Waals surface area contributed by atoms with Gasteiger partial charge in [0.1, 0.15) is 5.82 Å². The van der Waals surface area contributed by atoms with Crippen LogP contribution in [-0.4, -0.2) is 4.98 Å². The number of H-pyrrole nitrogens is 1. The molecule has 2 rings (SSSR count). The van der Waals surface area contributed by atoms with E-state index in [1.165, 1.54) is 12.1 Å². The number of halogens is 1. The van der Waals surface area contributed by atoms with Gasteiger partial charge in [0.15, 0.2) is 0 Å². The summed E-state index contributed by atoms with van der Waals surface area (Å²) in [6.45, 7) is 0. The third-order valence-electron chi connectivity index (χ3n) is 1.43. The second-order valence-corrected chi connectivity index (χ2v) is 2.13. The SMILES string of the molecule is Fc1c[c]c2[nH]ccc2c1. The van der Waals surface area contributed by atoms with Crippen LogP contribution in [-0.2, 0) is 0 Å². The summed E-state index contributed by atoms with van der Waals surface area (Å²) in [5, 5.41) is 0.861. The smallest absolute Gasteiger partial charge is 0.124 e. The van der Waals surface area contributed by atoms with Gasteiger partial charge in [-0.2, -0.15) is 0 Å². The van der Waals surface area contributed by atoms with Crippen LogP contribution in [0.2, 0.25) is 0 Å². The minimum atomic E-state index is -0.243.